The van der Waals surface area contributed by atoms with Gasteiger partial charge < -0.3 is 29.6 Å². The quantitative estimate of drug-likeness (QED) is 0.702. The van der Waals surface area contributed by atoms with Gasteiger partial charge in [-0.1, -0.05) is 0 Å². The third-order valence-corrected chi connectivity index (χ3v) is 3.79. The number of carbonyl (C=O) groups is 3. The van der Waals surface area contributed by atoms with Crippen molar-refractivity contribution in [1.82, 2.24) is 4.90 Å². The molecule has 26 heavy (non-hydrogen) atoms. The van der Waals surface area contributed by atoms with Crippen LogP contribution in [-0.4, -0.2) is 68.8 Å². The molecule has 0 saturated carbocycles. The van der Waals surface area contributed by atoms with Crippen molar-refractivity contribution in [1.29, 1.82) is 0 Å². The fourth-order valence-electron chi connectivity index (χ4n) is 2.63. The van der Waals surface area contributed by atoms with Crippen molar-refractivity contribution in [2.45, 2.75) is 19.1 Å². The molecule has 0 spiro atoms. The van der Waals surface area contributed by atoms with Gasteiger partial charge in [-0.3, -0.25) is 9.59 Å². The molecule has 0 aliphatic carbocycles. The second-order valence-corrected chi connectivity index (χ2v) is 5.79. The number of amides is 2. The van der Waals surface area contributed by atoms with Gasteiger partial charge >= 0.3 is 5.97 Å². The van der Waals surface area contributed by atoms with E-state index >= 15 is 0 Å². The van der Waals surface area contributed by atoms with Gasteiger partial charge in [0.25, 0.3) is 11.8 Å². The molecule has 1 saturated heterocycles. The molecule has 1 unspecified atom stereocenters. The summed E-state index contributed by atoms with van der Waals surface area (Å²) in [5, 5.41) is 0. The Bertz CT molecular complexity index is 692. The molecule has 0 bridgehead atoms. The predicted molar refractivity (Wildman–Crippen MR) is 89.9 cm³/mol. The number of methoxy groups -OCH3 is 2. The van der Waals surface area contributed by atoms with Gasteiger partial charge in [-0.2, -0.15) is 0 Å². The summed E-state index contributed by atoms with van der Waals surface area (Å²) in [6.45, 7) is 1.91. The number of primary amides is 1. The first kappa shape index (κ1) is 19.5. The Hall–Kier alpha value is -2.81. The average molecular weight is 366 g/mol. The van der Waals surface area contributed by atoms with E-state index in [1.807, 2.05) is 0 Å². The Kier molecular flexibility index (Phi) is 6.40. The zero-order chi connectivity index (χ0) is 19.3. The lowest BCUT2D eigenvalue weighted by atomic mass is 10.1. The zero-order valence-corrected chi connectivity index (χ0v) is 14.9. The highest BCUT2D eigenvalue weighted by molar-refractivity contribution is 5.95. The van der Waals surface area contributed by atoms with E-state index in [0.717, 1.165) is 0 Å². The van der Waals surface area contributed by atoms with Gasteiger partial charge in [0.15, 0.2) is 24.2 Å². The van der Waals surface area contributed by atoms with Crippen LogP contribution in [0, 0.1) is 0 Å². The molecule has 0 aromatic heterocycles. The Morgan fingerprint density at radius 3 is 2.58 bits per heavy atom. The maximum absolute atomic E-state index is 12.8. The number of nitrogens with zero attached hydrogens (tertiary/aromatic N) is 1. The minimum absolute atomic E-state index is 0.0953. The Morgan fingerprint density at radius 1 is 1.23 bits per heavy atom. The van der Waals surface area contributed by atoms with Gasteiger partial charge in [0.2, 0.25) is 0 Å². The van der Waals surface area contributed by atoms with E-state index in [1.165, 1.54) is 31.3 Å². The second kappa shape index (κ2) is 8.52. The first-order valence-electron chi connectivity index (χ1n) is 7.97. The highest BCUT2D eigenvalue weighted by Gasteiger charge is 2.34. The van der Waals surface area contributed by atoms with Crippen molar-refractivity contribution in [3.05, 3.63) is 23.8 Å². The highest BCUT2D eigenvalue weighted by Crippen LogP contribution is 2.29. The standard InChI is InChI=1S/C17H22N2O7/c1-10-7-19(8-14(26-10)17(22)24-3)16(21)11-4-5-12(13(6-11)23-2)25-9-15(18)20/h4-6,10,14H,7-9H2,1-3H3,(H2,18,20)/t10-,14?/m1/s1. The summed E-state index contributed by atoms with van der Waals surface area (Å²) in [6, 6.07) is 4.58. The van der Waals surface area contributed by atoms with Crippen molar-refractivity contribution in [2.75, 3.05) is 33.9 Å². The lowest BCUT2D eigenvalue weighted by Gasteiger charge is -2.35. The molecule has 142 valence electrons. The first-order valence-corrected chi connectivity index (χ1v) is 7.97. The number of rotatable bonds is 6. The van der Waals surface area contributed by atoms with Crippen LogP contribution in [0.2, 0.25) is 0 Å². The zero-order valence-electron chi connectivity index (χ0n) is 14.9. The van der Waals surface area contributed by atoms with Crippen LogP contribution in [0.4, 0.5) is 0 Å². The van der Waals surface area contributed by atoms with Gasteiger partial charge in [0.05, 0.1) is 26.9 Å². The summed E-state index contributed by atoms with van der Waals surface area (Å²) in [5.41, 5.74) is 5.41. The van der Waals surface area contributed by atoms with Crippen LogP contribution < -0.4 is 15.2 Å². The van der Waals surface area contributed by atoms with Gasteiger partial charge in [0.1, 0.15) is 0 Å². The average Bonchev–Trinajstić information content (AvgIpc) is 2.64. The topological polar surface area (TPSA) is 117 Å². The first-order chi connectivity index (χ1) is 12.3. The van der Waals surface area contributed by atoms with E-state index in [2.05, 4.69) is 0 Å². The summed E-state index contributed by atoms with van der Waals surface area (Å²) in [5.74, 6) is -0.840. The number of hydrogen-bond donors (Lipinski definition) is 1. The summed E-state index contributed by atoms with van der Waals surface area (Å²) in [6.07, 6.45) is -1.13. The van der Waals surface area contributed by atoms with Crippen molar-refractivity contribution >= 4 is 17.8 Å². The molecule has 2 amide bonds. The minimum Gasteiger partial charge on any atom is -0.493 e. The van der Waals surface area contributed by atoms with E-state index in [-0.39, 0.29) is 25.2 Å². The number of hydrogen-bond acceptors (Lipinski definition) is 7. The Morgan fingerprint density at radius 2 is 1.96 bits per heavy atom. The van der Waals surface area contributed by atoms with E-state index < -0.39 is 18.0 Å². The normalized spacial score (nSPS) is 19.6. The molecule has 2 N–H and O–H groups in total. The second-order valence-electron chi connectivity index (χ2n) is 5.79. The van der Waals surface area contributed by atoms with Gasteiger partial charge in [0, 0.05) is 12.1 Å². The summed E-state index contributed by atoms with van der Waals surface area (Å²) in [7, 11) is 2.69. The van der Waals surface area contributed by atoms with Crippen molar-refractivity contribution in [2.24, 2.45) is 5.73 Å². The van der Waals surface area contributed by atoms with Crippen LogP contribution in [0.25, 0.3) is 0 Å². The molecule has 1 fully saturated rings. The summed E-state index contributed by atoms with van der Waals surface area (Å²) >= 11 is 0. The molecular weight excluding hydrogens is 344 g/mol. The van der Waals surface area contributed by atoms with E-state index in [0.29, 0.717) is 23.6 Å². The molecule has 1 aliphatic rings. The number of morpholine rings is 1. The number of nitrogens with two attached hydrogens (primary N) is 1. The largest absolute Gasteiger partial charge is 0.493 e. The fourth-order valence-corrected chi connectivity index (χ4v) is 2.63. The molecule has 9 heteroatoms. The fraction of sp³-hybridized carbons (Fsp3) is 0.471. The molecule has 0 radical (unpaired) electrons. The third kappa shape index (κ3) is 4.63. The number of benzene rings is 1. The van der Waals surface area contributed by atoms with Gasteiger partial charge in [-0.25, -0.2) is 4.79 Å². The van der Waals surface area contributed by atoms with Crippen LogP contribution >= 0.6 is 0 Å². The third-order valence-electron chi connectivity index (χ3n) is 3.79. The molecule has 1 aromatic carbocycles. The van der Waals surface area contributed by atoms with Crippen molar-refractivity contribution in [3.63, 3.8) is 0 Å². The minimum atomic E-state index is -0.826. The van der Waals surface area contributed by atoms with Crippen LogP contribution in [0.5, 0.6) is 11.5 Å². The SMILES string of the molecule is COC(=O)C1CN(C(=O)c2ccc(OCC(N)=O)c(OC)c2)C[C@@H](C)O1. The van der Waals surface area contributed by atoms with Gasteiger partial charge in [-0.15, -0.1) is 0 Å². The van der Waals surface area contributed by atoms with Crippen molar-refractivity contribution in [3.8, 4) is 11.5 Å². The van der Waals surface area contributed by atoms with E-state index in [4.69, 9.17) is 24.7 Å². The van der Waals surface area contributed by atoms with Gasteiger partial charge in [-0.05, 0) is 25.1 Å². The smallest absolute Gasteiger partial charge is 0.336 e. The maximum Gasteiger partial charge on any atom is 0.336 e. The number of ether oxygens (including phenoxy) is 4. The van der Waals surface area contributed by atoms with Crippen LogP contribution in [0.3, 0.4) is 0 Å². The molecule has 1 heterocycles. The Balaban J connectivity index is 2.17. The molecular formula is C17H22N2O7. The molecule has 1 aliphatic heterocycles. The van der Waals surface area contributed by atoms with Crippen LogP contribution in [0.1, 0.15) is 17.3 Å². The van der Waals surface area contributed by atoms with Crippen molar-refractivity contribution < 1.29 is 33.3 Å². The molecule has 9 nitrogen and oxygen atoms in total. The number of carbonyl (C=O) groups excluding carboxylic acids is 3. The van der Waals surface area contributed by atoms with Crippen LogP contribution in [0.15, 0.2) is 18.2 Å². The highest BCUT2D eigenvalue weighted by atomic mass is 16.6. The molecule has 2 atom stereocenters. The molecule has 2 rings (SSSR count). The Labute approximate surface area is 150 Å². The summed E-state index contributed by atoms with van der Waals surface area (Å²) < 4.78 is 20.7. The van der Waals surface area contributed by atoms with E-state index in [9.17, 15) is 14.4 Å². The van der Waals surface area contributed by atoms with E-state index in [1.54, 1.807) is 13.0 Å². The maximum atomic E-state index is 12.8. The van der Waals surface area contributed by atoms with Crippen LogP contribution in [-0.2, 0) is 19.1 Å². The lowest BCUT2D eigenvalue weighted by Crippen LogP contribution is -2.52. The lowest BCUT2D eigenvalue weighted by molar-refractivity contribution is -0.164. The molecule has 1 aromatic rings. The predicted octanol–water partition coefficient (Wildman–Crippen LogP) is -0.0382. The number of esters is 1. The summed E-state index contributed by atoms with van der Waals surface area (Å²) in [4.78, 5) is 36.9. The monoisotopic (exact) mass is 366 g/mol.